The van der Waals surface area contributed by atoms with E-state index >= 15 is 0 Å². The first-order valence-electron chi connectivity index (χ1n) is 10.3. The minimum atomic E-state index is -3.68. The number of aromatic nitrogens is 2. The number of aryl methyl sites for hydroxylation is 2. The Bertz CT molecular complexity index is 1210. The molecule has 7 nitrogen and oxygen atoms in total. The second-order valence-electron chi connectivity index (χ2n) is 7.76. The fourth-order valence-corrected chi connectivity index (χ4v) is 5.33. The number of rotatable bonds is 5. The van der Waals surface area contributed by atoms with Crippen molar-refractivity contribution in [1.82, 2.24) is 14.5 Å². The number of piperazine rings is 1. The minimum absolute atomic E-state index is 0.194. The number of anilines is 1. The Morgan fingerprint density at radius 3 is 2.16 bits per heavy atom. The van der Waals surface area contributed by atoms with Crippen LogP contribution in [0.1, 0.15) is 11.1 Å². The van der Waals surface area contributed by atoms with E-state index in [1.807, 2.05) is 30.9 Å². The van der Waals surface area contributed by atoms with Crippen molar-refractivity contribution in [2.24, 2.45) is 0 Å². The highest BCUT2D eigenvalue weighted by Crippen LogP contribution is 2.30. The average Bonchev–Trinajstić information content (AvgIpc) is 2.81. The molecule has 0 amide bonds. The molecular weight excluding hydrogens is 431 g/mol. The van der Waals surface area contributed by atoms with Gasteiger partial charge in [-0.3, -0.25) is 0 Å². The molecule has 2 heterocycles. The standard InChI is InChI=1S/C23H25FN4O3S/c1-16-14-21(31-3)22(15-17(16)2)32(29,30)28-12-10-27(11-13-28)23-9-8-20(25-26-23)18-4-6-19(24)7-5-18/h4-9,14-15H,10-13H2,1-3H3. The van der Waals surface area contributed by atoms with Gasteiger partial charge in [-0.25, -0.2) is 12.8 Å². The molecule has 0 bridgehead atoms. The SMILES string of the molecule is COc1cc(C)c(C)cc1S(=O)(=O)N1CCN(c2ccc(-c3ccc(F)cc3)nn2)CC1. The fourth-order valence-electron chi connectivity index (χ4n) is 3.69. The van der Waals surface area contributed by atoms with Gasteiger partial charge < -0.3 is 9.64 Å². The van der Waals surface area contributed by atoms with Gasteiger partial charge in [-0.2, -0.15) is 4.31 Å². The molecule has 0 atom stereocenters. The van der Waals surface area contributed by atoms with E-state index in [9.17, 15) is 12.8 Å². The Hall–Kier alpha value is -3.04. The molecule has 0 unspecified atom stereocenters. The van der Waals surface area contributed by atoms with Crippen LogP contribution in [0.25, 0.3) is 11.3 Å². The zero-order chi connectivity index (χ0) is 22.9. The van der Waals surface area contributed by atoms with Crippen molar-refractivity contribution in [3.8, 4) is 17.0 Å². The maximum absolute atomic E-state index is 13.3. The van der Waals surface area contributed by atoms with Gasteiger partial charge >= 0.3 is 0 Å². The highest BCUT2D eigenvalue weighted by atomic mass is 32.2. The number of hydrogen-bond donors (Lipinski definition) is 0. The van der Waals surface area contributed by atoms with Crippen molar-refractivity contribution in [2.75, 3.05) is 38.2 Å². The van der Waals surface area contributed by atoms with Crippen LogP contribution in [0.15, 0.2) is 53.4 Å². The molecule has 9 heteroatoms. The Morgan fingerprint density at radius 1 is 0.906 bits per heavy atom. The second-order valence-corrected chi connectivity index (χ2v) is 9.67. The van der Waals surface area contributed by atoms with E-state index in [1.165, 1.54) is 23.5 Å². The topological polar surface area (TPSA) is 75.6 Å². The molecule has 3 aromatic rings. The predicted molar refractivity (Wildman–Crippen MR) is 121 cm³/mol. The molecule has 168 valence electrons. The Kier molecular flexibility index (Phi) is 6.12. The Morgan fingerprint density at radius 2 is 1.56 bits per heavy atom. The molecule has 4 rings (SSSR count). The molecule has 1 saturated heterocycles. The van der Waals surface area contributed by atoms with Gasteiger partial charge in [-0.1, -0.05) is 0 Å². The summed E-state index contributed by atoms with van der Waals surface area (Å²) in [5.41, 5.74) is 3.31. The normalized spacial score (nSPS) is 15.1. The fraction of sp³-hybridized carbons (Fsp3) is 0.304. The quantitative estimate of drug-likeness (QED) is 0.586. The summed E-state index contributed by atoms with van der Waals surface area (Å²) in [6.07, 6.45) is 0. The zero-order valence-corrected chi connectivity index (χ0v) is 19.1. The minimum Gasteiger partial charge on any atom is -0.495 e. The number of benzene rings is 2. The number of nitrogens with zero attached hydrogens (tertiary/aromatic N) is 4. The van der Waals surface area contributed by atoms with Crippen LogP contribution in [-0.2, 0) is 10.0 Å². The van der Waals surface area contributed by atoms with E-state index in [-0.39, 0.29) is 10.7 Å². The summed E-state index contributed by atoms with van der Waals surface area (Å²) in [5, 5.41) is 8.54. The van der Waals surface area contributed by atoms with Gasteiger partial charge in [0.05, 0.1) is 12.8 Å². The number of hydrogen-bond acceptors (Lipinski definition) is 6. The van der Waals surface area contributed by atoms with E-state index < -0.39 is 10.0 Å². The van der Waals surface area contributed by atoms with Crippen LogP contribution in [0.4, 0.5) is 10.2 Å². The van der Waals surface area contributed by atoms with Crippen LogP contribution in [0.5, 0.6) is 5.75 Å². The second kappa shape index (κ2) is 8.84. The van der Waals surface area contributed by atoms with Crippen LogP contribution < -0.4 is 9.64 Å². The first-order valence-corrected chi connectivity index (χ1v) is 11.7. The third kappa shape index (κ3) is 4.31. The van der Waals surface area contributed by atoms with E-state index in [0.29, 0.717) is 43.4 Å². The van der Waals surface area contributed by atoms with E-state index in [4.69, 9.17) is 4.74 Å². The smallest absolute Gasteiger partial charge is 0.246 e. The summed E-state index contributed by atoms with van der Waals surface area (Å²) >= 11 is 0. The van der Waals surface area contributed by atoms with Crippen molar-refractivity contribution in [2.45, 2.75) is 18.7 Å². The maximum atomic E-state index is 13.3. The summed E-state index contributed by atoms with van der Waals surface area (Å²) in [5.74, 6) is 0.735. The summed E-state index contributed by atoms with van der Waals surface area (Å²) < 4.78 is 46.5. The summed E-state index contributed by atoms with van der Waals surface area (Å²) in [6.45, 7) is 5.48. The first kappa shape index (κ1) is 22.2. The zero-order valence-electron chi connectivity index (χ0n) is 18.2. The van der Waals surface area contributed by atoms with Crippen LogP contribution in [-0.4, -0.2) is 56.2 Å². The van der Waals surface area contributed by atoms with Crippen LogP contribution in [0.3, 0.4) is 0 Å². The van der Waals surface area contributed by atoms with Gasteiger partial charge in [0.25, 0.3) is 0 Å². The molecule has 1 aliphatic heterocycles. The van der Waals surface area contributed by atoms with E-state index in [0.717, 1.165) is 16.7 Å². The van der Waals surface area contributed by atoms with Crippen LogP contribution in [0.2, 0.25) is 0 Å². The molecule has 0 saturated carbocycles. The van der Waals surface area contributed by atoms with Crippen LogP contribution >= 0.6 is 0 Å². The molecule has 1 aliphatic rings. The molecule has 2 aromatic carbocycles. The number of ether oxygens (including phenoxy) is 1. The summed E-state index contributed by atoms with van der Waals surface area (Å²) in [6, 6.07) is 13.2. The highest BCUT2D eigenvalue weighted by Gasteiger charge is 2.31. The summed E-state index contributed by atoms with van der Waals surface area (Å²) in [7, 11) is -2.20. The van der Waals surface area contributed by atoms with Crippen LogP contribution in [0, 0.1) is 19.7 Å². The van der Waals surface area contributed by atoms with Gasteiger partial charge in [0.1, 0.15) is 16.5 Å². The van der Waals surface area contributed by atoms with Gasteiger partial charge in [-0.05, 0) is 73.5 Å². The van der Waals surface area contributed by atoms with Gasteiger partial charge in [0.15, 0.2) is 5.82 Å². The van der Waals surface area contributed by atoms with Crippen molar-refractivity contribution in [1.29, 1.82) is 0 Å². The van der Waals surface area contributed by atoms with Crippen molar-refractivity contribution in [3.05, 3.63) is 65.5 Å². The van der Waals surface area contributed by atoms with E-state index in [2.05, 4.69) is 10.2 Å². The molecule has 0 spiro atoms. The van der Waals surface area contributed by atoms with Gasteiger partial charge in [0, 0.05) is 31.7 Å². The molecule has 0 radical (unpaired) electrons. The largest absolute Gasteiger partial charge is 0.495 e. The van der Waals surface area contributed by atoms with Gasteiger partial charge in [-0.15, -0.1) is 10.2 Å². The highest BCUT2D eigenvalue weighted by molar-refractivity contribution is 7.89. The molecule has 1 aromatic heterocycles. The molecule has 0 aliphatic carbocycles. The number of methoxy groups -OCH3 is 1. The van der Waals surface area contributed by atoms with Gasteiger partial charge in [0.2, 0.25) is 10.0 Å². The third-order valence-electron chi connectivity index (χ3n) is 5.75. The lowest BCUT2D eigenvalue weighted by Gasteiger charge is -2.34. The molecule has 1 fully saturated rings. The molecule has 32 heavy (non-hydrogen) atoms. The third-order valence-corrected chi connectivity index (χ3v) is 7.67. The van der Waals surface area contributed by atoms with Crippen molar-refractivity contribution in [3.63, 3.8) is 0 Å². The number of sulfonamides is 1. The molecule has 0 N–H and O–H groups in total. The predicted octanol–water partition coefficient (Wildman–Crippen LogP) is 3.42. The van der Waals surface area contributed by atoms with Crippen molar-refractivity contribution < 1.29 is 17.5 Å². The van der Waals surface area contributed by atoms with Crippen molar-refractivity contribution >= 4 is 15.8 Å². The monoisotopic (exact) mass is 456 g/mol. The number of halogens is 1. The summed E-state index contributed by atoms with van der Waals surface area (Å²) in [4.78, 5) is 2.20. The van der Waals surface area contributed by atoms with E-state index in [1.54, 1.807) is 24.3 Å². The Labute approximate surface area is 187 Å². The lowest BCUT2D eigenvalue weighted by Crippen LogP contribution is -2.49. The lowest BCUT2D eigenvalue weighted by atomic mass is 10.1. The first-order chi connectivity index (χ1) is 15.3. The lowest BCUT2D eigenvalue weighted by molar-refractivity contribution is 0.373. The molecular formula is C23H25FN4O3S. The Balaban J connectivity index is 1.47. The maximum Gasteiger partial charge on any atom is 0.246 e. The average molecular weight is 457 g/mol.